The van der Waals surface area contributed by atoms with Crippen LogP contribution in [0.3, 0.4) is 0 Å². The molecule has 3 rings (SSSR count). The summed E-state index contributed by atoms with van der Waals surface area (Å²) in [6.07, 6.45) is 21.5. The van der Waals surface area contributed by atoms with Gasteiger partial charge in [-0.2, -0.15) is 0 Å². The van der Waals surface area contributed by atoms with Gasteiger partial charge in [-0.3, -0.25) is 0 Å². The summed E-state index contributed by atoms with van der Waals surface area (Å²) in [5.74, 6) is 0.892. The van der Waals surface area contributed by atoms with Crippen molar-refractivity contribution in [2.24, 2.45) is 0 Å². The van der Waals surface area contributed by atoms with E-state index in [0.29, 0.717) is 29.3 Å². The van der Waals surface area contributed by atoms with E-state index in [2.05, 4.69) is 27.5 Å². The number of nitrogens with zero attached hydrogens (tertiary/aromatic N) is 3. The molecule has 1 aromatic carbocycles. The molecule has 0 aliphatic rings. The number of aromatic nitrogens is 4. The standard InChI is InChI=1S/C28H42N4O3/c1-2-3-4-5-6-7-8-9-10-11-12-13-14-15-16-17-21-34-25-20-18-19-23-22-24(27-29-31-32-30-27)28(33)35-26(23)25/h18-20,22H,2-17,21H2,1H3,(H,29,30,31,32). The molecule has 7 heteroatoms. The summed E-state index contributed by atoms with van der Waals surface area (Å²) in [6, 6.07) is 7.35. The average molecular weight is 483 g/mol. The minimum Gasteiger partial charge on any atom is -0.490 e. The van der Waals surface area contributed by atoms with Crippen LogP contribution in [0.25, 0.3) is 22.4 Å². The Bertz CT molecular complexity index is 1020. The highest BCUT2D eigenvalue weighted by molar-refractivity contribution is 5.85. The van der Waals surface area contributed by atoms with Crippen molar-refractivity contribution in [3.8, 4) is 17.1 Å². The van der Waals surface area contributed by atoms with Crippen molar-refractivity contribution in [3.63, 3.8) is 0 Å². The van der Waals surface area contributed by atoms with E-state index in [4.69, 9.17) is 9.15 Å². The number of tetrazole rings is 1. The van der Waals surface area contributed by atoms with Gasteiger partial charge in [0, 0.05) is 5.39 Å². The van der Waals surface area contributed by atoms with E-state index < -0.39 is 5.63 Å². The van der Waals surface area contributed by atoms with Gasteiger partial charge >= 0.3 is 5.63 Å². The fraction of sp³-hybridized carbons (Fsp3) is 0.643. The predicted octanol–water partition coefficient (Wildman–Crippen LogP) is 7.61. The Morgan fingerprint density at radius 3 is 2.00 bits per heavy atom. The number of para-hydroxylation sites is 1. The highest BCUT2D eigenvalue weighted by Crippen LogP contribution is 2.27. The molecular weight excluding hydrogens is 440 g/mol. The largest absolute Gasteiger partial charge is 0.490 e. The van der Waals surface area contributed by atoms with Gasteiger partial charge < -0.3 is 9.15 Å². The van der Waals surface area contributed by atoms with E-state index in [0.717, 1.165) is 18.2 Å². The summed E-state index contributed by atoms with van der Waals surface area (Å²) >= 11 is 0. The Hall–Kier alpha value is -2.70. The second kappa shape index (κ2) is 16.1. The van der Waals surface area contributed by atoms with Crippen molar-refractivity contribution < 1.29 is 9.15 Å². The van der Waals surface area contributed by atoms with Crippen LogP contribution in [0.2, 0.25) is 0 Å². The molecule has 0 spiro atoms. The number of hydrogen-bond donors (Lipinski definition) is 1. The molecular formula is C28H42N4O3. The normalized spacial score (nSPS) is 11.3. The number of ether oxygens (including phenoxy) is 1. The second-order valence-corrected chi connectivity index (χ2v) is 9.52. The molecule has 0 saturated heterocycles. The zero-order valence-corrected chi connectivity index (χ0v) is 21.4. The molecule has 0 bridgehead atoms. The minimum absolute atomic E-state index is 0.292. The minimum atomic E-state index is -0.491. The van der Waals surface area contributed by atoms with Crippen LogP contribution in [0, 0.1) is 0 Å². The SMILES string of the molecule is CCCCCCCCCCCCCCCCCCOc1cccc2cc(-c3nnn[nH]3)c(=O)oc12. The molecule has 0 fully saturated rings. The molecule has 192 valence electrons. The smallest absolute Gasteiger partial charge is 0.347 e. The average Bonchev–Trinajstić information content (AvgIpc) is 3.40. The molecule has 35 heavy (non-hydrogen) atoms. The Kier molecular flexibility index (Phi) is 12.3. The van der Waals surface area contributed by atoms with Gasteiger partial charge in [0.1, 0.15) is 5.56 Å². The first-order chi connectivity index (χ1) is 17.3. The van der Waals surface area contributed by atoms with Crippen molar-refractivity contribution >= 4 is 11.0 Å². The number of nitrogens with one attached hydrogen (secondary N) is 1. The summed E-state index contributed by atoms with van der Waals surface area (Å²) < 4.78 is 11.5. The second-order valence-electron chi connectivity index (χ2n) is 9.52. The Balaban J connectivity index is 1.23. The summed E-state index contributed by atoms with van der Waals surface area (Å²) in [7, 11) is 0. The quantitative estimate of drug-likeness (QED) is 0.139. The van der Waals surface area contributed by atoms with Crippen molar-refractivity contribution in [1.82, 2.24) is 20.6 Å². The van der Waals surface area contributed by atoms with Crippen LogP contribution < -0.4 is 10.4 Å². The topological polar surface area (TPSA) is 93.9 Å². The van der Waals surface area contributed by atoms with Gasteiger partial charge in [0.25, 0.3) is 0 Å². The van der Waals surface area contributed by atoms with Crippen LogP contribution in [0.5, 0.6) is 5.75 Å². The molecule has 1 N–H and O–H groups in total. The van der Waals surface area contributed by atoms with Gasteiger partial charge in [-0.1, -0.05) is 115 Å². The lowest BCUT2D eigenvalue weighted by Gasteiger charge is -2.09. The van der Waals surface area contributed by atoms with Crippen molar-refractivity contribution in [1.29, 1.82) is 0 Å². The molecule has 2 heterocycles. The third kappa shape index (κ3) is 9.46. The van der Waals surface area contributed by atoms with E-state index in [1.54, 1.807) is 6.07 Å². The van der Waals surface area contributed by atoms with Crippen molar-refractivity contribution in [3.05, 3.63) is 34.7 Å². The monoisotopic (exact) mass is 482 g/mol. The number of rotatable bonds is 19. The molecule has 0 atom stereocenters. The molecule has 0 unspecified atom stereocenters. The molecule has 3 aromatic rings. The third-order valence-corrected chi connectivity index (χ3v) is 6.58. The molecule has 7 nitrogen and oxygen atoms in total. The number of fused-ring (bicyclic) bond motifs is 1. The first-order valence-electron chi connectivity index (χ1n) is 13.7. The molecule has 0 aliphatic carbocycles. The number of unbranched alkanes of at least 4 members (excludes halogenated alkanes) is 15. The van der Waals surface area contributed by atoms with Crippen molar-refractivity contribution in [2.45, 2.75) is 110 Å². The van der Waals surface area contributed by atoms with E-state index in [1.165, 1.54) is 89.9 Å². The van der Waals surface area contributed by atoms with Crippen molar-refractivity contribution in [2.75, 3.05) is 6.61 Å². The van der Waals surface area contributed by atoms with E-state index >= 15 is 0 Å². The van der Waals surface area contributed by atoms with Crippen LogP contribution >= 0.6 is 0 Å². The lowest BCUT2D eigenvalue weighted by Crippen LogP contribution is -2.05. The van der Waals surface area contributed by atoms with Crippen LogP contribution in [0.1, 0.15) is 110 Å². The van der Waals surface area contributed by atoms with Crippen LogP contribution in [-0.2, 0) is 0 Å². The molecule has 0 saturated carbocycles. The maximum Gasteiger partial charge on any atom is 0.347 e. The molecule has 2 aromatic heterocycles. The highest BCUT2D eigenvalue weighted by atomic mass is 16.5. The number of benzene rings is 1. The van der Waals surface area contributed by atoms with E-state index in [9.17, 15) is 4.79 Å². The fourth-order valence-electron chi connectivity index (χ4n) is 4.50. The number of aromatic amines is 1. The summed E-state index contributed by atoms with van der Waals surface area (Å²) in [5, 5.41) is 14.2. The van der Waals surface area contributed by atoms with E-state index in [1.807, 2.05) is 18.2 Å². The predicted molar refractivity (Wildman–Crippen MR) is 141 cm³/mol. The summed E-state index contributed by atoms with van der Waals surface area (Å²) in [4.78, 5) is 12.4. The lowest BCUT2D eigenvalue weighted by molar-refractivity contribution is 0.302. The first kappa shape index (κ1) is 26.9. The molecule has 0 radical (unpaired) electrons. The van der Waals surface area contributed by atoms with Gasteiger partial charge in [0.2, 0.25) is 0 Å². The maximum absolute atomic E-state index is 12.4. The Labute approximate surface area is 209 Å². The number of H-pyrrole nitrogens is 1. The van der Waals surface area contributed by atoms with Gasteiger partial charge in [-0.15, -0.1) is 5.10 Å². The summed E-state index contributed by atoms with van der Waals surface area (Å²) in [6.45, 7) is 2.90. The van der Waals surface area contributed by atoms with Crippen LogP contribution in [0.15, 0.2) is 33.5 Å². The van der Waals surface area contributed by atoms with E-state index in [-0.39, 0.29) is 0 Å². The third-order valence-electron chi connectivity index (χ3n) is 6.58. The molecule has 0 aliphatic heterocycles. The van der Waals surface area contributed by atoms with Gasteiger partial charge in [0.05, 0.1) is 6.61 Å². The van der Waals surface area contributed by atoms with Crippen LogP contribution in [-0.4, -0.2) is 27.2 Å². The van der Waals surface area contributed by atoms with Gasteiger partial charge in [-0.05, 0) is 29.0 Å². The highest BCUT2D eigenvalue weighted by Gasteiger charge is 2.13. The Morgan fingerprint density at radius 1 is 0.829 bits per heavy atom. The molecule has 0 amide bonds. The summed E-state index contributed by atoms with van der Waals surface area (Å²) in [5.41, 5.74) is 0.275. The maximum atomic E-state index is 12.4. The lowest BCUT2D eigenvalue weighted by atomic mass is 10.0. The van der Waals surface area contributed by atoms with Gasteiger partial charge in [0.15, 0.2) is 17.2 Å². The fourth-order valence-corrected chi connectivity index (χ4v) is 4.50. The van der Waals surface area contributed by atoms with Crippen LogP contribution in [0.4, 0.5) is 0 Å². The zero-order valence-electron chi connectivity index (χ0n) is 21.4. The number of hydrogen-bond acceptors (Lipinski definition) is 6. The first-order valence-corrected chi connectivity index (χ1v) is 13.7. The van der Waals surface area contributed by atoms with Gasteiger partial charge in [-0.25, -0.2) is 9.89 Å². The zero-order chi connectivity index (χ0) is 24.6. The Morgan fingerprint density at radius 2 is 1.43 bits per heavy atom.